The largest absolute Gasteiger partial charge is 0.383 e. The number of benzene rings is 1. The Bertz CT molecular complexity index is 526. The third-order valence-electron chi connectivity index (χ3n) is 2.71. The summed E-state index contributed by atoms with van der Waals surface area (Å²) in [5, 5.41) is 3.25. The Hall–Kier alpha value is -1.27. The number of hydrogen-bond acceptors (Lipinski definition) is 3. The van der Waals surface area contributed by atoms with Gasteiger partial charge in [-0.15, -0.1) is 0 Å². The SMILES string of the molecule is CC(C)NS(=O)(=O)Nc1cccc2c1NCCC2. The molecule has 0 spiro atoms. The monoisotopic (exact) mass is 269 g/mol. The maximum atomic E-state index is 11.8. The first kappa shape index (κ1) is 13.2. The van der Waals surface area contributed by atoms with Crippen LogP contribution in [0.25, 0.3) is 0 Å². The summed E-state index contributed by atoms with van der Waals surface area (Å²) in [6, 6.07) is 5.54. The van der Waals surface area contributed by atoms with Gasteiger partial charge in [-0.05, 0) is 38.3 Å². The Morgan fingerprint density at radius 2 is 2.11 bits per heavy atom. The average Bonchev–Trinajstić information content (AvgIpc) is 2.27. The second-order valence-electron chi connectivity index (χ2n) is 4.75. The first-order chi connectivity index (χ1) is 8.48. The molecule has 0 radical (unpaired) electrons. The molecule has 0 fully saturated rings. The van der Waals surface area contributed by atoms with Crippen LogP contribution < -0.4 is 14.8 Å². The third kappa shape index (κ3) is 3.14. The first-order valence-electron chi connectivity index (χ1n) is 6.14. The summed E-state index contributed by atoms with van der Waals surface area (Å²) >= 11 is 0. The summed E-state index contributed by atoms with van der Waals surface area (Å²) in [4.78, 5) is 0. The minimum absolute atomic E-state index is 0.130. The Morgan fingerprint density at radius 1 is 1.33 bits per heavy atom. The Kier molecular flexibility index (Phi) is 3.77. The molecular formula is C12H19N3O2S. The molecule has 6 heteroatoms. The number of aryl methyl sites for hydroxylation is 1. The van der Waals surface area contributed by atoms with E-state index in [-0.39, 0.29) is 6.04 Å². The van der Waals surface area contributed by atoms with Crippen LogP contribution in [0, 0.1) is 0 Å². The minimum Gasteiger partial charge on any atom is -0.383 e. The van der Waals surface area contributed by atoms with Gasteiger partial charge >= 0.3 is 0 Å². The van der Waals surface area contributed by atoms with Crippen LogP contribution in [-0.4, -0.2) is 21.0 Å². The zero-order valence-corrected chi connectivity index (χ0v) is 11.5. The van der Waals surface area contributed by atoms with Gasteiger partial charge in [-0.1, -0.05) is 12.1 Å². The zero-order chi connectivity index (χ0) is 13.2. The van der Waals surface area contributed by atoms with E-state index in [2.05, 4.69) is 14.8 Å². The van der Waals surface area contributed by atoms with Gasteiger partial charge < -0.3 is 5.32 Å². The zero-order valence-electron chi connectivity index (χ0n) is 10.7. The third-order valence-corrected chi connectivity index (χ3v) is 3.98. The van der Waals surface area contributed by atoms with Gasteiger partial charge in [0, 0.05) is 12.6 Å². The fourth-order valence-electron chi connectivity index (χ4n) is 2.08. The summed E-state index contributed by atoms with van der Waals surface area (Å²) in [5.74, 6) is 0. The van der Waals surface area contributed by atoms with Crippen molar-refractivity contribution in [1.82, 2.24) is 4.72 Å². The van der Waals surface area contributed by atoms with Crippen LogP contribution in [-0.2, 0) is 16.6 Å². The molecule has 1 aromatic rings. The second kappa shape index (κ2) is 5.16. The molecule has 0 saturated carbocycles. The van der Waals surface area contributed by atoms with Gasteiger partial charge in [-0.25, -0.2) is 0 Å². The summed E-state index contributed by atoms with van der Waals surface area (Å²) in [6.45, 7) is 4.46. The van der Waals surface area contributed by atoms with E-state index in [4.69, 9.17) is 0 Å². The Morgan fingerprint density at radius 3 is 2.83 bits per heavy atom. The van der Waals surface area contributed by atoms with Crippen LogP contribution in [0.1, 0.15) is 25.8 Å². The van der Waals surface area contributed by atoms with E-state index >= 15 is 0 Å². The molecule has 18 heavy (non-hydrogen) atoms. The topological polar surface area (TPSA) is 70.2 Å². The van der Waals surface area contributed by atoms with E-state index in [1.165, 1.54) is 0 Å². The predicted molar refractivity (Wildman–Crippen MR) is 74.1 cm³/mol. The second-order valence-corrected chi connectivity index (χ2v) is 6.19. The van der Waals surface area contributed by atoms with Gasteiger partial charge in [0.1, 0.15) is 0 Å². The standard InChI is InChI=1S/C12H19N3O2S/c1-9(2)14-18(16,17)15-11-7-3-5-10-6-4-8-13-12(10)11/h3,5,7,9,13-15H,4,6,8H2,1-2H3. The summed E-state index contributed by atoms with van der Waals surface area (Å²) in [6.07, 6.45) is 2.06. The molecule has 0 amide bonds. The quantitative estimate of drug-likeness (QED) is 0.779. The molecule has 2 rings (SSSR count). The van der Waals surface area contributed by atoms with Crippen molar-refractivity contribution in [3.05, 3.63) is 23.8 Å². The molecule has 0 aromatic heterocycles. The molecular weight excluding hydrogens is 250 g/mol. The first-order valence-corrected chi connectivity index (χ1v) is 7.62. The van der Waals surface area contributed by atoms with Crippen molar-refractivity contribution in [2.24, 2.45) is 0 Å². The van der Waals surface area contributed by atoms with E-state index in [9.17, 15) is 8.42 Å². The van der Waals surface area contributed by atoms with Crippen LogP contribution in [0.15, 0.2) is 18.2 Å². The highest BCUT2D eigenvalue weighted by molar-refractivity contribution is 7.90. The number of nitrogens with one attached hydrogen (secondary N) is 3. The van der Waals surface area contributed by atoms with Crippen molar-refractivity contribution in [2.45, 2.75) is 32.7 Å². The predicted octanol–water partition coefficient (Wildman–Crippen LogP) is 1.70. The van der Waals surface area contributed by atoms with Crippen molar-refractivity contribution < 1.29 is 8.42 Å². The van der Waals surface area contributed by atoms with E-state index in [1.54, 1.807) is 19.9 Å². The number of para-hydroxylation sites is 1. The molecule has 1 aromatic carbocycles. The fraction of sp³-hybridized carbons (Fsp3) is 0.500. The lowest BCUT2D eigenvalue weighted by atomic mass is 10.0. The van der Waals surface area contributed by atoms with E-state index in [0.29, 0.717) is 5.69 Å². The summed E-state index contributed by atoms with van der Waals surface area (Å²) < 4.78 is 28.8. The van der Waals surface area contributed by atoms with Gasteiger partial charge in [0.05, 0.1) is 11.4 Å². The smallest absolute Gasteiger partial charge is 0.299 e. The number of fused-ring (bicyclic) bond motifs is 1. The van der Waals surface area contributed by atoms with Gasteiger partial charge in [0.25, 0.3) is 10.2 Å². The van der Waals surface area contributed by atoms with Crippen LogP contribution in [0.2, 0.25) is 0 Å². The molecule has 3 N–H and O–H groups in total. The van der Waals surface area contributed by atoms with Crippen molar-refractivity contribution in [3.63, 3.8) is 0 Å². The van der Waals surface area contributed by atoms with Crippen LogP contribution >= 0.6 is 0 Å². The molecule has 0 saturated heterocycles. The van der Waals surface area contributed by atoms with Crippen LogP contribution in [0.3, 0.4) is 0 Å². The molecule has 0 atom stereocenters. The summed E-state index contributed by atoms with van der Waals surface area (Å²) in [5.41, 5.74) is 2.67. The molecule has 1 aliphatic rings. The molecule has 0 aliphatic carbocycles. The van der Waals surface area contributed by atoms with E-state index < -0.39 is 10.2 Å². The maximum Gasteiger partial charge on any atom is 0.299 e. The van der Waals surface area contributed by atoms with E-state index in [0.717, 1.165) is 30.6 Å². The number of rotatable bonds is 4. The lowest BCUT2D eigenvalue weighted by molar-refractivity contribution is 0.575. The van der Waals surface area contributed by atoms with Gasteiger partial charge in [0.2, 0.25) is 0 Å². The van der Waals surface area contributed by atoms with Gasteiger partial charge in [-0.2, -0.15) is 13.1 Å². The van der Waals surface area contributed by atoms with Crippen LogP contribution in [0.4, 0.5) is 11.4 Å². The average molecular weight is 269 g/mol. The molecule has 5 nitrogen and oxygen atoms in total. The number of hydrogen-bond donors (Lipinski definition) is 3. The van der Waals surface area contributed by atoms with Crippen molar-refractivity contribution in [1.29, 1.82) is 0 Å². The highest BCUT2D eigenvalue weighted by atomic mass is 32.2. The van der Waals surface area contributed by atoms with E-state index in [1.807, 2.05) is 12.1 Å². The number of anilines is 2. The van der Waals surface area contributed by atoms with Gasteiger partial charge in [0.15, 0.2) is 0 Å². The van der Waals surface area contributed by atoms with Crippen LogP contribution in [0.5, 0.6) is 0 Å². The minimum atomic E-state index is -3.51. The lowest BCUT2D eigenvalue weighted by Gasteiger charge is -2.22. The highest BCUT2D eigenvalue weighted by Crippen LogP contribution is 2.30. The Balaban J connectivity index is 2.24. The van der Waals surface area contributed by atoms with Crippen molar-refractivity contribution in [2.75, 3.05) is 16.6 Å². The molecule has 0 bridgehead atoms. The van der Waals surface area contributed by atoms with Crippen molar-refractivity contribution in [3.8, 4) is 0 Å². The van der Waals surface area contributed by atoms with Crippen molar-refractivity contribution >= 4 is 21.6 Å². The summed E-state index contributed by atoms with van der Waals surface area (Å²) in [7, 11) is -3.51. The van der Waals surface area contributed by atoms with Gasteiger partial charge in [-0.3, -0.25) is 4.72 Å². The molecule has 1 aliphatic heterocycles. The highest BCUT2D eigenvalue weighted by Gasteiger charge is 2.17. The fourth-order valence-corrected chi connectivity index (χ4v) is 3.22. The Labute approximate surface area is 108 Å². The lowest BCUT2D eigenvalue weighted by Crippen LogP contribution is -2.35. The molecule has 1 heterocycles. The maximum absolute atomic E-state index is 11.8. The molecule has 0 unspecified atom stereocenters. The normalized spacial score (nSPS) is 15.1. The molecule has 100 valence electrons.